The van der Waals surface area contributed by atoms with Crippen molar-refractivity contribution in [1.29, 1.82) is 0 Å². The standard InChI is InChI=1S/C21H24BrCl2N3O4S/c1-4-25-21(29)14(2)26(12-15-9-10-16(23)11-18(15)24)20(28)13-27(32(3,30)31)19-8-6-5-7-17(19)22/h5-11,14H,4,12-13H2,1-3H3,(H,25,29)/t14-/m0/s1. The molecule has 0 saturated heterocycles. The second kappa shape index (κ2) is 11.4. The summed E-state index contributed by atoms with van der Waals surface area (Å²) >= 11 is 15.6. The number of nitrogens with zero attached hydrogens (tertiary/aromatic N) is 2. The predicted molar refractivity (Wildman–Crippen MR) is 131 cm³/mol. The zero-order valence-electron chi connectivity index (χ0n) is 17.8. The van der Waals surface area contributed by atoms with E-state index in [2.05, 4.69) is 21.2 Å². The van der Waals surface area contributed by atoms with E-state index < -0.39 is 28.5 Å². The van der Waals surface area contributed by atoms with Gasteiger partial charge in [-0.1, -0.05) is 41.4 Å². The molecule has 32 heavy (non-hydrogen) atoms. The first-order valence-electron chi connectivity index (χ1n) is 9.69. The fraction of sp³-hybridized carbons (Fsp3) is 0.333. The molecule has 0 unspecified atom stereocenters. The molecule has 0 bridgehead atoms. The van der Waals surface area contributed by atoms with Crippen LogP contribution in [0.2, 0.25) is 10.0 Å². The van der Waals surface area contributed by atoms with E-state index in [0.717, 1.165) is 10.6 Å². The van der Waals surface area contributed by atoms with Gasteiger partial charge in [0.25, 0.3) is 0 Å². The van der Waals surface area contributed by atoms with Gasteiger partial charge in [-0.2, -0.15) is 0 Å². The number of halogens is 3. The minimum atomic E-state index is -3.80. The van der Waals surface area contributed by atoms with Crippen molar-refractivity contribution in [2.24, 2.45) is 0 Å². The molecule has 2 rings (SSSR count). The fourth-order valence-corrected chi connectivity index (χ4v) is 4.93. The Morgan fingerprint density at radius 2 is 1.81 bits per heavy atom. The van der Waals surface area contributed by atoms with Gasteiger partial charge in [-0.15, -0.1) is 0 Å². The highest BCUT2D eigenvalue weighted by atomic mass is 79.9. The first-order valence-corrected chi connectivity index (χ1v) is 13.1. The average Bonchev–Trinajstić information content (AvgIpc) is 2.71. The molecule has 0 aliphatic rings. The van der Waals surface area contributed by atoms with Gasteiger partial charge >= 0.3 is 0 Å². The van der Waals surface area contributed by atoms with Crippen molar-refractivity contribution in [2.45, 2.75) is 26.4 Å². The minimum Gasteiger partial charge on any atom is -0.355 e. The summed E-state index contributed by atoms with van der Waals surface area (Å²) in [7, 11) is -3.80. The van der Waals surface area contributed by atoms with Crippen LogP contribution in [0, 0.1) is 0 Å². The molecule has 0 radical (unpaired) electrons. The minimum absolute atomic E-state index is 0.000692. The normalized spacial score (nSPS) is 12.2. The molecule has 0 fully saturated rings. The predicted octanol–water partition coefficient (Wildman–Crippen LogP) is 4.08. The number of amides is 2. The highest BCUT2D eigenvalue weighted by Crippen LogP contribution is 2.28. The van der Waals surface area contributed by atoms with Crippen LogP contribution in [0.15, 0.2) is 46.9 Å². The first kappa shape index (κ1) is 26.4. The topological polar surface area (TPSA) is 86.8 Å². The average molecular weight is 565 g/mol. The molecule has 0 aliphatic carbocycles. The number of rotatable bonds is 9. The maximum atomic E-state index is 13.4. The van der Waals surface area contributed by atoms with Gasteiger partial charge in [0.05, 0.1) is 11.9 Å². The first-order chi connectivity index (χ1) is 15.0. The zero-order chi connectivity index (χ0) is 24.1. The van der Waals surface area contributed by atoms with Crippen LogP contribution in [0.3, 0.4) is 0 Å². The van der Waals surface area contributed by atoms with Gasteiger partial charge in [0.15, 0.2) is 0 Å². The summed E-state index contributed by atoms with van der Waals surface area (Å²) in [6.45, 7) is 3.25. The maximum Gasteiger partial charge on any atom is 0.244 e. The van der Waals surface area contributed by atoms with Gasteiger partial charge in [0, 0.05) is 27.6 Å². The Morgan fingerprint density at radius 3 is 2.38 bits per heavy atom. The highest BCUT2D eigenvalue weighted by Gasteiger charge is 2.30. The van der Waals surface area contributed by atoms with Gasteiger partial charge in [0.1, 0.15) is 12.6 Å². The molecule has 2 aromatic rings. The Kier molecular flexibility index (Phi) is 9.39. The molecule has 0 aliphatic heterocycles. The van der Waals surface area contributed by atoms with Crippen LogP contribution in [-0.2, 0) is 26.2 Å². The number of carbonyl (C=O) groups is 2. The van der Waals surface area contributed by atoms with Gasteiger partial charge in [-0.25, -0.2) is 8.42 Å². The zero-order valence-corrected chi connectivity index (χ0v) is 21.7. The fourth-order valence-electron chi connectivity index (χ4n) is 2.99. The quantitative estimate of drug-likeness (QED) is 0.497. The Labute approximate surface area is 206 Å². The van der Waals surface area contributed by atoms with E-state index >= 15 is 0 Å². The van der Waals surface area contributed by atoms with Crippen molar-refractivity contribution in [3.63, 3.8) is 0 Å². The van der Waals surface area contributed by atoms with Crippen LogP contribution >= 0.6 is 39.1 Å². The van der Waals surface area contributed by atoms with Crippen LogP contribution < -0.4 is 9.62 Å². The molecular weight excluding hydrogens is 541 g/mol. The molecule has 1 atom stereocenters. The van der Waals surface area contributed by atoms with Crippen molar-refractivity contribution >= 4 is 66.7 Å². The van der Waals surface area contributed by atoms with Crippen LogP contribution in [0.1, 0.15) is 19.4 Å². The van der Waals surface area contributed by atoms with Gasteiger partial charge in [-0.05, 0) is 59.6 Å². The van der Waals surface area contributed by atoms with E-state index in [9.17, 15) is 18.0 Å². The SMILES string of the molecule is CCNC(=O)[C@H](C)N(Cc1ccc(Cl)cc1Cl)C(=O)CN(c1ccccc1Br)S(C)(=O)=O. The number of anilines is 1. The second-order valence-electron chi connectivity index (χ2n) is 7.05. The highest BCUT2D eigenvalue weighted by molar-refractivity contribution is 9.10. The van der Waals surface area contributed by atoms with Crippen LogP contribution in [0.25, 0.3) is 0 Å². The summed E-state index contributed by atoms with van der Waals surface area (Å²) in [6, 6.07) is 10.7. The summed E-state index contributed by atoms with van der Waals surface area (Å²) in [4.78, 5) is 27.2. The summed E-state index contributed by atoms with van der Waals surface area (Å²) in [5.74, 6) is -0.923. The lowest BCUT2D eigenvalue weighted by Gasteiger charge is -2.31. The molecule has 0 aromatic heterocycles. The number of carbonyl (C=O) groups excluding carboxylic acids is 2. The summed E-state index contributed by atoms with van der Waals surface area (Å²) in [5, 5.41) is 3.46. The Bertz CT molecular complexity index is 1100. The number of hydrogen-bond acceptors (Lipinski definition) is 4. The summed E-state index contributed by atoms with van der Waals surface area (Å²) in [6.07, 6.45) is 1.02. The van der Waals surface area contributed by atoms with E-state index in [1.165, 1.54) is 4.90 Å². The van der Waals surface area contributed by atoms with Crippen LogP contribution in [0.4, 0.5) is 5.69 Å². The smallest absolute Gasteiger partial charge is 0.244 e. The Balaban J connectivity index is 2.43. The number of nitrogens with one attached hydrogen (secondary N) is 1. The van der Waals surface area contributed by atoms with E-state index in [1.54, 1.807) is 56.3 Å². The number of sulfonamides is 1. The van der Waals surface area contributed by atoms with Gasteiger partial charge in [0.2, 0.25) is 21.8 Å². The van der Waals surface area contributed by atoms with E-state index in [4.69, 9.17) is 23.2 Å². The number of likely N-dealkylation sites (N-methyl/N-ethyl adjacent to an activating group) is 1. The van der Waals surface area contributed by atoms with E-state index in [0.29, 0.717) is 32.3 Å². The third-order valence-corrected chi connectivity index (χ3v) is 7.06. The van der Waals surface area contributed by atoms with Gasteiger partial charge < -0.3 is 10.2 Å². The van der Waals surface area contributed by atoms with E-state index in [-0.39, 0.29) is 12.5 Å². The lowest BCUT2D eigenvalue weighted by molar-refractivity contribution is -0.139. The lowest BCUT2D eigenvalue weighted by atomic mass is 10.1. The molecule has 2 amide bonds. The van der Waals surface area contributed by atoms with E-state index in [1.807, 2.05) is 0 Å². The molecule has 0 heterocycles. The third kappa shape index (κ3) is 6.84. The molecular formula is C21H24BrCl2N3O4S. The van der Waals surface area contributed by atoms with Crippen molar-refractivity contribution in [1.82, 2.24) is 10.2 Å². The van der Waals surface area contributed by atoms with Crippen molar-refractivity contribution in [3.05, 3.63) is 62.5 Å². The van der Waals surface area contributed by atoms with Crippen LogP contribution in [0.5, 0.6) is 0 Å². The molecule has 1 N–H and O–H groups in total. The Hall–Kier alpha value is -1.81. The summed E-state index contributed by atoms with van der Waals surface area (Å²) in [5.41, 5.74) is 0.894. The van der Waals surface area contributed by atoms with Crippen molar-refractivity contribution in [3.8, 4) is 0 Å². The molecule has 0 spiro atoms. The molecule has 174 valence electrons. The Morgan fingerprint density at radius 1 is 1.16 bits per heavy atom. The number of para-hydroxylation sites is 1. The summed E-state index contributed by atoms with van der Waals surface area (Å²) < 4.78 is 26.6. The monoisotopic (exact) mass is 563 g/mol. The number of hydrogen-bond donors (Lipinski definition) is 1. The largest absolute Gasteiger partial charge is 0.355 e. The van der Waals surface area contributed by atoms with Gasteiger partial charge in [-0.3, -0.25) is 13.9 Å². The third-order valence-electron chi connectivity index (χ3n) is 4.67. The lowest BCUT2D eigenvalue weighted by Crippen LogP contribution is -2.51. The van der Waals surface area contributed by atoms with Crippen LogP contribution in [-0.4, -0.2) is 50.5 Å². The molecule has 2 aromatic carbocycles. The van der Waals surface area contributed by atoms with Crippen molar-refractivity contribution < 1.29 is 18.0 Å². The van der Waals surface area contributed by atoms with Crippen molar-refractivity contribution in [2.75, 3.05) is 23.7 Å². The second-order valence-corrected chi connectivity index (χ2v) is 10.7. The number of benzene rings is 2. The maximum absolute atomic E-state index is 13.4. The molecule has 7 nitrogen and oxygen atoms in total. The molecule has 0 saturated carbocycles. The molecule has 11 heteroatoms.